The standard InChI is InChI=1S/C30H30ClFN2O/c1-21-18-22(5-11-27-26(32)19-24(20-33-27)23-7-9-25(31)10-8-23)6-12-28(21)35-17-16-34-15-3-4-29(34)30(2)13-14-30/h6-10,12,18-20,29H,3-4,13-17H2,1-2H3/t29-/m0/s1. The summed E-state index contributed by atoms with van der Waals surface area (Å²) in [7, 11) is 0. The number of ether oxygens (including phenoxy) is 1. The molecule has 0 spiro atoms. The third-order valence-electron chi connectivity index (χ3n) is 7.36. The summed E-state index contributed by atoms with van der Waals surface area (Å²) in [6.45, 7) is 7.29. The molecule has 2 aromatic carbocycles. The SMILES string of the molecule is Cc1cc(C#Cc2ncc(-c3ccc(Cl)cc3)cc2F)ccc1OCCN1CCC[C@H]1C1(C)CC1. The number of pyridine rings is 1. The van der Waals surface area contributed by atoms with E-state index in [1.54, 1.807) is 18.3 Å². The summed E-state index contributed by atoms with van der Waals surface area (Å²) in [5.41, 5.74) is 4.04. The van der Waals surface area contributed by atoms with Crippen LogP contribution >= 0.6 is 11.6 Å². The van der Waals surface area contributed by atoms with E-state index in [1.807, 2.05) is 37.3 Å². The molecule has 1 aliphatic heterocycles. The van der Waals surface area contributed by atoms with Crippen molar-refractivity contribution < 1.29 is 9.13 Å². The minimum Gasteiger partial charge on any atom is -0.492 e. The van der Waals surface area contributed by atoms with E-state index in [9.17, 15) is 4.39 Å². The van der Waals surface area contributed by atoms with Crippen LogP contribution in [0.25, 0.3) is 11.1 Å². The Hall–Kier alpha value is -2.87. The molecule has 0 N–H and O–H groups in total. The van der Waals surface area contributed by atoms with Crippen LogP contribution in [-0.4, -0.2) is 35.6 Å². The van der Waals surface area contributed by atoms with E-state index < -0.39 is 5.82 Å². The maximum absolute atomic E-state index is 14.6. The van der Waals surface area contributed by atoms with Gasteiger partial charge in [-0.1, -0.05) is 36.6 Å². The Morgan fingerprint density at radius 2 is 1.91 bits per heavy atom. The van der Waals surface area contributed by atoms with Crippen LogP contribution in [0.5, 0.6) is 5.75 Å². The van der Waals surface area contributed by atoms with E-state index in [0.717, 1.165) is 35.0 Å². The highest BCUT2D eigenvalue weighted by Crippen LogP contribution is 2.52. The molecule has 1 atom stereocenters. The summed E-state index contributed by atoms with van der Waals surface area (Å²) in [6, 6.07) is 15.3. The van der Waals surface area contributed by atoms with E-state index >= 15 is 0 Å². The molecule has 0 radical (unpaired) electrons. The lowest BCUT2D eigenvalue weighted by Gasteiger charge is -2.29. The minimum absolute atomic E-state index is 0.130. The number of hydrogen-bond acceptors (Lipinski definition) is 3. The zero-order valence-corrected chi connectivity index (χ0v) is 21.0. The fourth-order valence-electron chi connectivity index (χ4n) is 5.04. The maximum Gasteiger partial charge on any atom is 0.158 e. The predicted octanol–water partition coefficient (Wildman–Crippen LogP) is 6.89. The first-order valence-electron chi connectivity index (χ1n) is 12.3. The Bertz CT molecular complexity index is 1270. The first-order valence-corrected chi connectivity index (χ1v) is 12.7. The maximum atomic E-state index is 14.6. The second-order valence-electron chi connectivity index (χ2n) is 9.99. The number of halogens is 2. The number of aromatic nitrogens is 1. The first-order chi connectivity index (χ1) is 16.9. The predicted molar refractivity (Wildman–Crippen MR) is 139 cm³/mol. The number of rotatable bonds is 6. The highest BCUT2D eigenvalue weighted by Gasteiger charge is 2.48. The first kappa shape index (κ1) is 23.9. The molecular formula is C30H30ClFN2O. The molecule has 1 aliphatic carbocycles. The molecule has 1 saturated carbocycles. The molecular weight excluding hydrogens is 459 g/mol. The van der Waals surface area contributed by atoms with Gasteiger partial charge in [-0.25, -0.2) is 9.37 Å². The van der Waals surface area contributed by atoms with E-state index in [4.69, 9.17) is 16.3 Å². The van der Waals surface area contributed by atoms with Crippen molar-refractivity contribution in [2.75, 3.05) is 19.7 Å². The Morgan fingerprint density at radius 1 is 1.11 bits per heavy atom. The van der Waals surface area contributed by atoms with E-state index in [0.29, 0.717) is 22.6 Å². The fraction of sp³-hybridized carbons (Fsp3) is 0.367. The second-order valence-corrected chi connectivity index (χ2v) is 10.4. The average molecular weight is 489 g/mol. The molecule has 0 unspecified atom stereocenters. The van der Waals surface area contributed by atoms with Gasteiger partial charge in [-0.05, 0) is 98.0 Å². The van der Waals surface area contributed by atoms with Gasteiger partial charge in [0.25, 0.3) is 0 Å². The van der Waals surface area contributed by atoms with Crippen LogP contribution in [0.2, 0.25) is 5.02 Å². The van der Waals surface area contributed by atoms with Crippen LogP contribution in [0.15, 0.2) is 54.7 Å². The molecule has 35 heavy (non-hydrogen) atoms. The monoisotopic (exact) mass is 488 g/mol. The van der Waals surface area contributed by atoms with Gasteiger partial charge in [0.1, 0.15) is 18.1 Å². The van der Waals surface area contributed by atoms with Crippen molar-refractivity contribution in [1.82, 2.24) is 9.88 Å². The molecule has 1 saturated heterocycles. The van der Waals surface area contributed by atoms with Crippen LogP contribution < -0.4 is 4.74 Å². The van der Waals surface area contributed by atoms with E-state index in [-0.39, 0.29) is 5.69 Å². The molecule has 0 amide bonds. The van der Waals surface area contributed by atoms with Crippen molar-refractivity contribution in [2.45, 2.75) is 45.6 Å². The largest absolute Gasteiger partial charge is 0.492 e. The lowest BCUT2D eigenvalue weighted by Crippen LogP contribution is -2.38. The molecule has 5 rings (SSSR count). The smallest absolute Gasteiger partial charge is 0.158 e. The van der Waals surface area contributed by atoms with Gasteiger partial charge in [-0.3, -0.25) is 4.90 Å². The van der Waals surface area contributed by atoms with Crippen molar-refractivity contribution in [3.8, 4) is 28.7 Å². The number of hydrogen-bond donors (Lipinski definition) is 0. The molecule has 0 bridgehead atoms. The molecule has 5 heteroatoms. The summed E-state index contributed by atoms with van der Waals surface area (Å²) in [5.74, 6) is 6.33. The van der Waals surface area contributed by atoms with Crippen molar-refractivity contribution in [2.24, 2.45) is 5.41 Å². The Kier molecular flexibility index (Phi) is 6.82. The zero-order chi connectivity index (χ0) is 24.4. The highest BCUT2D eigenvalue weighted by atomic mass is 35.5. The summed E-state index contributed by atoms with van der Waals surface area (Å²) >= 11 is 5.93. The molecule has 2 aliphatic rings. The number of benzene rings is 2. The van der Waals surface area contributed by atoms with Gasteiger partial charge in [0.15, 0.2) is 5.82 Å². The van der Waals surface area contributed by atoms with E-state index in [1.165, 1.54) is 38.3 Å². The lowest BCUT2D eigenvalue weighted by molar-refractivity contribution is 0.153. The summed E-state index contributed by atoms with van der Waals surface area (Å²) in [5, 5.41) is 0.639. The fourth-order valence-corrected chi connectivity index (χ4v) is 5.16. The molecule has 1 aromatic heterocycles. The minimum atomic E-state index is -0.443. The lowest BCUT2D eigenvalue weighted by atomic mass is 9.97. The summed E-state index contributed by atoms with van der Waals surface area (Å²) in [4.78, 5) is 6.84. The van der Waals surface area contributed by atoms with Crippen molar-refractivity contribution in [1.29, 1.82) is 0 Å². The molecule has 2 fully saturated rings. The zero-order valence-electron chi connectivity index (χ0n) is 20.3. The normalized spacial score (nSPS) is 18.7. The van der Waals surface area contributed by atoms with Crippen LogP contribution in [0.1, 0.15) is 49.4 Å². The number of nitrogens with zero attached hydrogens (tertiary/aromatic N) is 2. The Labute approximate surface area is 212 Å². The Morgan fingerprint density at radius 3 is 2.63 bits per heavy atom. The van der Waals surface area contributed by atoms with Gasteiger partial charge in [0.05, 0.1) is 0 Å². The van der Waals surface area contributed by atoms with Crippen molar-refractivity contribution in [3.05, 3.63) is 82.4 Å². The van der Waals surface area contributed by atoms with Gasteiger partial charge >= 0.3 is 0 Å². The Balaban J connectivity index is 1.20. The van der Waals surface area contributed by atoms with Crippen LogP contribution in [0, 0.1) is 30.0 Å². The van der Waals surface area contributed by atoms with Gasteiger partial charge in [-0.2, -0.15) is 0 Å². The quantitative estimate of drug-likeness (QED) is 0.353. The third kappa shape index (κ3) is 5.53. The topological polar surface area (TPSA) is 25.4 Å². The van der Waals surface area contributed by atoms with Gasteiger partial charge in [-0.15, -0.1) is 0 Å². The second kappa shape index (κ2) is 10.0. The number of aryl methyl sites for hydroxylation is 1. The molecule has 3 aromatic rings. The van der Waals surface area contributed by atoms with E-state index in [2.05, 4.69) is 28.6 Å². The van der Waals surface area contributed by atoms with Gasteiger partial charge in [0.2, 0.25) is 0 Å². The van der Waals surface area contributed by atoms with Gasteiger partial charge < -0.3 is 4.74 Å². The average Bonchev–Trinajstić information content (AvgIpc) is 3.41. The van der Waals surface area contributed by atoms with Crippen LogP contribution in [-0.2, 0) is 0 Å². The van der Waals surface area contributed by atoms with Gasteiger partial charge in [0, 0.05) is 34.9 Å². The third-order valence-corrected chi connectivity index (χ3v) is 7.61. The van der Waals surface area contributed by atoms with Crippen LogP contribution in [0.3, 0.4) is 0 Å². The van der Waals surface area contributed by atoms with Crippen molar-refractivity contribution in [3.63, 3.8) is 0 Å². The molecule has 3 nitrogen and oxygen atoms in total. The summed E-state index contributed by atoms with van der Waals surface area (Å²) in [6.07, 6.45) is 6.98. The summed E-state index contributed by atoms with van der Waals surface area (Å²) < 4.78 is 20.7. The van der Waals surface area contributed by atoms with Crippen molar-refractivity contribution >= 4 is 11.6 Å². The molecule has 180 valence electrons. The van der Waals surface area contributed by atoms with Crippen LogP contribution in [0.4, 0.5) is 4.39 Å². The highest BCUT2D eigenvalue weighted by molar-refractivity contribution is 6.30. The molecule has 2 heterocycles. The number of likely N-dealkylation sites (tertiary alicyclic amines) is 1.